The highest BCUT2D eigenvalue weighted by Gasteiger charge is 2.17. The molecule has 4 rings (SSSR count). The number of nitrogens with one attached hydrogen (secondary N) is 2. The lowest BCUT2D eigenvalue weighted by atomic mass is 10.0. The van der Waals surface area contributed by atoms with Gasteiger partial charge in [-0.1, -0.05) is 60.7 Å². The van der Waals surface area contributed by atoms with E-state index in [-0.39, 0.29) is 18.2 Å². The summed E-state index contributed by atoms with van der Waals surface area (Å²) < 4.78 is 10.9. The van der Waals surface area contributed by atoms with Gasteiger partial charge in [0.25, 0.3) is 5.91 Å². The minimum absolute atomic E-state index is 0.187. The SMILES string of the molecule is COc1cc(NC(=O)c2ccccc2)c(OC)cc1NC(=O)Cc1cccc2ccccc12. The zero-order valence-corrected chi connectivity index (χ0v) is 18.4. The molecule has 2 amide bonds. The summed E-state index contributed by atoms with van der Waals surface area (Å²) in [6, 6.07) is 26.0. The van der Waals surface area contributed by atoms with E-state index < -0.39 is 0 Å². The molecule has 0 saturated carbocycles. The number of rotatable bonds is 7. The molecule has 4 aromatic rings. The van der Waals surface area contributed by atoms with E-state index in [1.165, 1.54) is 14.2 Å². The van der Waals surface area contributed by atoms with E-state index in [1.54, 1.807) is 36.4 Å². The van der Waals surface area contributed by atoms with Gasteiger partial charge in [-0.25, -0.2) is 0 Å². The van der Waals surface area contributed by atoms with Gasteiger partial charge in [0, 0.05) is 17.7 Å². The molecule has 2 N–H and O–H groups in total. The average molecular weight is 440 g/mol. The summed E-state index contributed by atoms with van der Waals surface area (Å²) in [5.74, 6) is 0.349. The van der Waals surface area contributed by atoms with Gasteiger partial charge in [0.05, 0.1) is 32.0 Å². The molecule has 0 radical (unpaired) electrons. The number of carbonyl (C=O) groups is 2. The maximum Gasteiger partial charge on any atom is 0.255 e. The Morgan fingerprint density at radius 1 is 0.727 bits per heavy atom. The lowest BCUT2D eigenvalue weighted by Gasteiger charge is -2.16. The largest absolute Gasteiger partial charge is 0.494 e. The molecule has 0 aliphatic heterocycles. The minimum atomic E-state index is -0.274. The van der Waals surface area contributed by atoms with Crippen molar-refractivity contribution in [2.45, 2.75) is 6.42 Å². The van der Waals surface area contributed by atoms with Crippen molar-refractivity contribution in [2.75, 3.05) is 24.9 Å². The molecule has 0 heterocycles. The number of carbonyl (C=O) groups excluding carboxylic acids is 2. The van der Waals surface area contributed by atoms with Gasteiger partial charge >= 0.3 is 0 Å². The van der Waals surface area contributed by atoms with Crippen LogP contribution in [0.2, 0.25) is 0 Å². The zero-order chi connectivity index (χ0) is 23.2. The number of fused-ring (bicyclic) bond motifs is 1. The Kier molecular flexibility index (Phi) is 6.55. The van der Waals surface area contributed by atoms with E-state index in [0.717, 1.165) is 16.3 Å². The van der Waals surface area contributed by atoms with Crippen molar-refractivity contribution >= 4 is 34.0 Å². The Morgan fingerprint density at radius 3 is 2.03 bits per heavy atom. The van der Waals surface area contributed by atoms with Crippen LogP contribution in [0.3, 0.4) is 0 Å². The second kappa shape index (κ2) is 9.87. The first-order chi connectivity index (χ1) is 16.1. The first-order valence-electron chi connectivity index (χ1n) is 10.5. The van der Waals surface area contributed by atoms with Crippen molar-refractivity contribution in [3.8, 4) is 11.5 Å². The molecule has 0 aromatic heterocycles. The van der Waals surface area contributed by atoms with Crippen molar-refractivity contribution in [3.63, 3.8) is 0 Å². The lowest BCUT2D eigenvalue weighted by Crippen LogP contribution is -2.16. The first kappa shape index (κ1) is 21.9. The van der Waals surface area contributed by atoms with Crippen molar-refractivity contribution in [1.29, 1.82) is 0 Å². The van der Waals surface area contributed by atoms with Gasteiger partial charge in [0.15, 0.2) is 0 Å². The third-order valence-corrected chi connectivity index (χ3v) is 5.31. The van der Waals surface area contributed by atoms with Crippen LogP contribution in [0.5, 0.6) is 11.5 Å². The molecule has 33 heavy (non-hydrogen) atoms. The Morgan fingerprint density at radius 2 is 1.33 bits per heavy atom. The molecule has 166 valence electrons. The topological polar surface area (TPSA) is 76.7 Å². The highest BCUT2D eigenvalue weighted by molar-refractivity contribution is 6.05. The quantitative estimate of drug-likeness (QED) is 0.409. The summed E-state index contributed by atoms with van der Waals surface area (Å²) in [6.07, 6.45) is 0.208. The fourth-order valence-electron chi connectivity index (χ4n) is 3.69. The number of anilines is 2. The summed E-state index contributed by atoms with van der Waals surface area (Å²) >= 11 is 0. The number of ether oxygens (including phenoxy) is 2. The molecule has 0 spiro atoms. The third-order valence-electron chi connectivity index (χ3n) is 5.31. The Hall–Kier alpha value is -4.32. The van der Waals surface area contributed by atoms with Crippen molar-refractivity contribution < 1.29 is 19.1 Å². The molecule has 0 aliphatic carbocycles. The van der Waals surface area contributed by atoms with Crippen molar-refractivity contribution in [3.05, 3.63) is 96.1 Å². The summed E-state index contributed by atoms with van der Waals surface area (Å²) in [7, 11) is 3.01. The predicted molar refractivity (Wildman–Crippen MR) is 130 cm³/mol. The lowest BCUT2D eigenvalue weighted by molar-refractivity contribution is -0.115. The van der Waals surface area contributed by atoms with Gasteiger partial charge in [0.2, 0.25) is 5.91 Å². The first-order valence-corrected chi connectivity index (χ1v) is 10.5. The monoisotopic (exact) mass is 440 g/mol. The molecule has 6 nitrogen and oxygen atoms in total. The van der Waals surface area contributed by atoms with Crippen LogP contribution < -0.4 is 20.1 Å². The second-order valence-corrected chi connectivity index (χ2v) is 7.44. The van der Waals surface area contributed by atoms with Gasteiger partial charge in [-0.15, -0.1) is 0 Å². The molecule has 0 unspecified atom stereocenters. The van der Waals surface area contributed by atoms with Crippen LogP contribution in [0, 0.1) is 0 Å². The predicted octanol–water partition coefficient (Wildman–Crippen LogP) is 5.29. The van der Waals surface area contributed by atoms with Crippen molar-refractivity contribution in [2.24, 2.45) is 0 Å². The molecule has 4 aromatic carbocycles. The summed E-state index contributed by atoms with van der Waals surface area (Å²) in [5, 5.41) is 7.87. The van der Waals surface area contributed by atoms with E-state index in [0.29, 0.717) is 28.4 Å². The van der Waals surface area contributed by atoms with Crippen LogP contribution in [0.4, 0.5) is 11.4 Å². The highest BCUT2D eigenvalue weighted by Crippen LogP contribution is 2.37. The van der Waals surface area contributed by atoms with E-state index >= 15 is 0 Å². The van der Waals surface area contributed by atoms with E-state index in [9.17, 15) is 9.59 Å². The normalized spacial score (nSPS) is 10.5. The molecule has 0 saturated heterocycles. The number of hydrogen-bond donors (Lipinski definition) is 2. The molecular weight excluding hydrogens is 416 g/mol. The standard InChI is InChI=1S/C27H24N2O4/c1-32-24-17-23(29-27(31)19-10-4-3-5-11-19)25(33-2)16-22(24)28-26(30)15-20-13-8-12-18-9-6-7-14-21(18)20/h3-14,16-17H,15H2,1-2H3,(H,28,30)(H,29,31). The number of benzene rings is 4. The highest BCUT2D eigenvalue weighted by atomic mass is 16.5. The molecule has 6 heteroatoms. The summed E-state index contributed by atoms with van der Waals surface area (Å²) in [5.41, 5.74) is 2.35. The maximum absolute atomic E-state index is 12.9. The Labute approximate surface area is 192 Å². The fourth-order valence-corrected chi connectivity index (χ4v) is 3.69. The van der Waals surface area contributed by atoms with E-state index in [4.69, 9.17) is 9.47 Å². The van der Waals surface area contributed by atoms with Crippen LogP contribution in [0.25, 0.3) is 10.8 Å². The molecule has 0 aliphatic rings. The fraction of sp³-hybridized carbons (Fsp3) is 0.111. The van der Waals surface area contributed by atoms with Crippen LogP contribution >= 0.6 is 0 Å². The van der Waals surface area contributed by atoms with Gasteiger partial charge in [-0.3, -0.25) is 9.59 Å². The Balaban J connectivity index is 1.56. The van der Waals surface area contributed by atoms with Gasteiger partial charge < -0.3 is 20.1 Å². The zero-order valence-electron chi connectivity index (χ0n) is 18.4. The van der Waals surface area contributed by atoms with Crippen molar-refractivity contribution in [1.82, 2.24) is 0 Å². The van der Waals surface area contributed by atoms with Gasteiger partial charge in [-0.2, -0.15) is 0 Å². The molecule has 0 atom stereocenters. The van der Waals surface area contributed by atoms with Crippen LogP contribution in [-0.4, -0.2) is 26.0 Å². The second-order valence-electron chi connectivity index (χ2n) is 7.44. The summed E-state index contributed by atoms with van der Waals surface area (Å²) in [6.45, 7) is 0. The third kappa shape index (κ3) is 4.96. The van der Waals surface area contributed by atoms with Crippen LogP contribution in [0.1, 0.15) is 15.9 Å². The molecular formula is C27H24N2O4. The summed E-state index contributed by atoms with van der Waals surface area (Å²) in [4.78, 5) is 25.4. The number of methoxy groups -OCH3 is 2. The maximum atomic E-state index is 12.9. The van der Waals surface area contributed by atoms with Gasteiger partial charge in [-0.05, 0) is 28.5 Å². The molecule has 0 fully saturated rings. The van der Waals surface area contributed by atoms with Crippen LogP contribution in [0.15, 0.2) is 84.9 Å². The van der Waals surface area contributed by atoms with E-state index in [2.05, 4.69) is 10.6 Å². The smallest absolute Gasteiger partial charge is 0.255 e. The van der Waals surface area contributed by atoms with Gasteiger partial charge in [0.1, 0.15) is 11.5 Å². The number of hydrogen-bond acceptors (Lipinski definition) is 4. The number of amides is 2. The van der Waals surface area contributed by atoms with E-state index in [1.807, 2.05) is 48.5 Å². The Bertz CT molecular complexity index is 1300. The van der Waals surface area contributed by atoms with Crippen LogP contribution in [-0.2, 0) is 11.2 Å². The minimum Gasteiger partial charge on any atom is -0.494 e. The average Bonchev–Trinajstić information content (AvgIpc) is 2.85. The molecule has 0 bridgehead atoms.